The van der Waals surface area contributed by atoms with Crippen LogP contribution >= 0.6 is 0 Å². The molecule has 8 nitrogen and oxygen atoms in total. The van der Waals surface area contributed by atoms with Crippen molar-refractivity contribution >= 4 is 18.2 Å². The minimum Gasteiger partial charge on any atom is -0.480 e. The molecule has 0 spiro atoms. The molecule has 0 radical (unpaired) electrons. The van der Waals surface area contributed by atoms with Crippen LogP contribution in [0.15, 0.2) is 12.1 Å². The SMILES string of the molecule is CC1CCCN(CCCc2ccc3c(n2)NCCC3)C1.NC(CNC=O)C(=O)O. The fourth-order valence-corrected chi connectivity index (χ4v) is 3.74. The molecule has 5 N–H and O–H groups in total. The van der Waals surface area contributed by atoms with Crippen molar-refractivity contribution in [1.82, 2.24) is 15.2 Å². The number of aryl methyl sites for hydroxylation is 2. The standard InChI is InChI=1S/C17H27N3.C4H8N2O3/c1-14-5-3-11-20(13-14)12-4-7-16-9-8-15-6-2-10-18-17(15)19-16;5-3(4(8)9)1-6-2-7/h8-9,14H,2-7,10-13H2,1H3,(H,18,19);2-3H,1,5H2,(H,6,7)(H,8,9). The number of carbonyl (C=O) groups is 2. The first kappa shape index (κ1) is 23.1. The van der Waals surface area contributed by atoms with Crippen LogP contribution in [0.3, 0.4) is 0 Å². The molecule has 2 aliphatic rings. The van der Waals surface area contributed by atoms with Crippen LogP contribution in [0.4, 0.5) is 5.82 Å². The van der Waals surface area contributed by atoms with E-state index in [1.807, 2.05) is 0 Å². The Hall–Kier alpha value is -2.19. The van der Waals surface area contributed by atoms with Crippen molar-refractivity contribution < 1.29 is 14.7 Å². The first-order chi connectivity index (χ1) is 14.0. The first-order valence-electron chi connectivity index (χ1n) is 10.6. The summed E-state index contributed by atoms with van der Waals surface area (Å²) in [5, 5.41) is 13.7. The number of fused-ring (bicyclic) bond motifs is 1. The smallest absolute Gasteiger partial charge is 0.322 e. The predicted octanol–water partition coefficient (Wildman–Crippen LogP) is 1.25. The maximum Gasteiger partial charge on any atom is 0.322 e. The predicted molar refractivity (Wildman–Crippen MR) is 114 cm³/mol. The van der Waals surface area contributed by atoms with Crippen molar-refractivity contribution in [2.45, 2.75) is 51.5 Å². The van der Waals surface area contributed by atoms with Crippen LogP contribution in [0.1, 0.15) is 43.9 Å². The number of amides is 1. The van der Waals surface area contributed by atoms with Gasteiger partial charge in [-0.3, -0.25) is 9.59 Å². The van der Waals surface area contributed by atoms with Gasteiger partial charge in [-0.1, -0.05) is 13.0 Å². The number of pyridine rings is 1. The van der Waals surface area contributed by atoms with E-state index in [0.29, 0.717) is 6.41 Å². The van der Waals surface area contributed by atoms with Gasteiger partial charge in [0, 0.05) is 25.3 Å². The van der Waals surface area contributed by atoms with Crippen LogP contribution in [0.2, 0.25) is 0 Å². The summed E-state index contributed by atoms with van der Waals surface area (Å²) >= 11 is 0. The number of carbonyl (C=O) groups excluding carboxylic acids is 1. The number of carboxylic acid groups (broad SMARTS) is 1. The lowest BCUT2D eigenvalue weighted by Crippen LogP contribution is -2.39. The third-order valence-corrected chi connectivity index (χ3v) is 5.34. The molecule has 3 rings (SSSR count). The number of carboxylic acids is 1. The highest BCUT2D eigenvalue weighted by Crippen LogP contribution is 2.20. The quantitative estimate of drug-likeness (QED) is 0.480. The van der Waals surface area contributed by atoms with Gasteiger partial charge in [0.1, 0.15) is 11.9 Å². The second kappa shape index (κ2) is 12.4. The number of piperidine rings is 1. The number of nitrogens with one attached hydrogen (secondary N) is 2. The van der Waals surface area contributed by atoms with Crippen molar-refractivity contribution in [2.75, 3.05) is 38.0 Å². The average molecular weight is 406 g/mol. The molecule has 1 aromatic rings. The van der Waals surface area contributed by atoms with Gasteiger partial charge in [-0.05, 0) is 69.2 Å². The number of nitrogens with zero attached hydrogens (tertiary/aromatic N) is 2. The van der Waals surface area contributed by atoms with Crippen molar-refractivity contribution in [1.29, 1.82) is 0 Å². The molecule has 1 fully saturated rings. The highest BCUT2D eigenvalue weighted by molar-refractivity contribution is 5.73. The Morgan fingerprint density at radius 1 is 1.48 bits per heavy atom. The van der Waals surface area contributed by atoms with Gasteiger partial charge in [0.2, 0.25) is 6.41 Å². The van der Waals surface area contributed by atoms with Crippen LogP contribution in [0.25, 0.3) is 0 Å². The molecule has 2 unspecified atom stereocenters. The zero-order chi connectivity index (χ0) is 21.1. The Labute approximate surface area is 173 Å². The minimum atomic E-state index is -1.12. The highest BCUT2D eigenvalue weighted by Gasteiger charge is 2.16. The fraction of sp³-hybridized carbons (Fsp3) is 0.667. The zero-order valence-corrected chi connectivity index (χ0v) is 17.4. The number of hydrogen-bond donors (Lipinski definition) is 4. The van der Waals surface area contributed by atoms with Gasteiger partial charge in [-0.2, -0.15) is 0 Å². The Bertz CT molecular complexity index is 655. The van der Waals surface area contributed by atoms with Gasteiger partial charge >= 0.3 is 5.97 Å². The molecule has 2 aliphatic heterocycles. The summed E-state index contributed by atoms with van der Waals surface area (Å²) in [6.45, 7) is 7.25. The van der Waals surface area contributed by atoms with Crippen molar-refractivity contribution in [3.05, 3.63) is 23.4 Å². The lowest BCUT2D eigenvalue weighted by Gasteiger charge is -2.30. The topological polar surface area (TPSA) is 121 Å². The van der Waals surface area contributed by atoms with E-state index in [2.05, 4.69) is 34.6 Å². The van der Waals surface area contributed by atoms with E-state index >= 15 is 0 Å². The number of nitrogens with two attached hydrogens (primary N) is 1. The summed E-state index contributed by atoms with van der Waals surface area (Å²) in [5.41, 5.74) is 7.63. The van der Waals surface area contributed by atoms with Gasteiger partial charge in [-0.25, -0.2) is 4.98 Å². The van der Waals surface area contributed by atoms with Crippen LogP contribution in [-0.4, -0.2) is 66.1 Å². The molecule has 0 bridgehead atoms. The van der Waals surface area contributed by atoms with Crippen LogP contribution in [0.5, 0.6) is 0 Å². The van der Waals surface area contributed by atoms with Gasteiger partial charge in [-0.15, -0.1) is 0 Å². The first-order valence-corrected chi connectivity index (χ1v) is 10.6. The summed E-state index contributed by atoms with van der Waals surface area (Å²) in [7, 11) is 0. The second-order valence-corrected chi connectivity index (χ2v) is 7.96. The normalized spacial score (nSPS) is 19.7. The molecule has 0 aromatic carbocycles. The fourth-order valence-electron chi connectivity index (χ4n) is 3.74. The summed E-state index contributed by atoms with van der Waals surface area (Å²) < 4.78 is 0. The van der Waals surface area contributed by atoms with E-state index in [1.165, 1.54) is 63.0 Å². The molecule has 29 heavy (non-hydrogen) atoms. The summed E-state index contributed by atoms with van der Waals surface area (Å²) in [6.07, 6.45) is 7.96. The maximum absolute atomic E-state index is 9.92. The van der Waals surface area contributed by atoms with E-state index in [4.69, 9.17) is 15.8 Å². The highest BCUT2D eigenvalue weighted by atomic mass is 16.4. The van der Waals surface area contributed by atoms with Crippen LogP contribution < -0.4 is 16.4 Å². The molecule has 8 heteroatoms. The Kier molecular flexibility index (Phi) is 9.87. The maximum atomic E-state index is 9.92. The Balaban J connectivity index is 0.000000284. The molecule has 1 aromatic heterocycles. The number of aliphatic carboxylic acids is 1. The summed E-state index contributed by atoms with van der Waals surface area (Å²) in [6, 6.07) is 3.49. The molecule has 1 amide bonds. The molecular formula is C21H35N5O3. The van der Waals surface area contributed by atoms with Crippen molar-refractivity contribution in [3.8, 4) is 0 Å². The Morgan fingerprint density at radius 3 is 3.03 bits per heavy atom. The molecule has 0 saturated carbocycles. The molecule has 162 valence electrons. The lowest BCUT2D eigenvalue weighted by atomic mass is 10.00. The third-order valence-electron chi connectivity index (χ3n) is 5.34. The summed E-state index contributed by atoms with van der Waals surface area (Å²) in [4.78, 5) is 26.9. The second-order valence-electron chi connectivity index (χ2n) is 7.96. The third kappa shape index (κ3) is 8.37. The number of aromatic nitrogens is 1. The van der Waals surface area contributed by atoms with Crippen LogP contribution in [-0.2, 0) is 22.4 Å². The van der Waals surface area contributed by atoms with E-state index in [-0.39, 0.29) is 6.54 Å². The van der Waals surface area contributed by atoms with Crippen molar-refractivity contribution in [3.63, 3.8) is 0 Å². The largest absolute Gasteiger partial charge is 0.480 e. The minimum absolute atomic E-state index is 0.0289. The molecular weight excluding hydrogens is 370 g/mol. The van der Waals surface area contributed by atoms with Crippen molar-refractivity contribution in [2.24, 2.45) is 11.7 Å². The molecule has 1 saturated heterocycles. The van der Waals surface area contributed by atoms with Gasteiger partial charge < -0.3 is 26.4 Å². The number of hydrogen-bond acceptors (Lipinski definition) is 6. The van der Waals surface area contributed by atoms with E-state index in [9.17, 15) is 9.59 Å². The molecule has 2 atom stereocenters. The molecule has 3 heterocycles. The number of likely N-dealkylation sites (tertiary alicyclic amines) is 1. The lowest BCUT2D eigenvalue weighted by molar-refractivity contribution is -0.138. The average Bonchev–Trinajstić information content (AvgIpc) is 2.72. The van der Waals surface area contributed by atoms with E-state index in [0.717, 1.165) is 24.7 Å². The zero-order valence-electron chi connectivity index (χ0n) is 17.4. The monoisotopic (exact) mass is 405 g/mol. The summed E-state index contributed by atoms with van der Waals surface area (Å²) in [5.74, 6) is 0.902. The Morgan fingerprint density at radius 2 is 2.31 bits per heavy atom. The van der Waals surface area contributed by atoms with E-state index in [1.54, 1.807) is 0 Å². The van der Waals surface area contributed by atoms with Gasteiger partial charge in [0.15, 0.2) is 0 Å². The number of rotatable bonds is 8. The van der Waals surface area contributed by atoms with Gasteiger partial charge in [0.25, 0.3) is 0 Å². The van der Waals surface area contributed by atoms with E-state index < -0.39 is 12.0 Å². The van der Waals surface area contributed by atoms with Gasteiger partial charge in [0.05, 0.1) is 0 Å². The van der Waals surface area contributed by atoms with Crippen LogP contribution in [0, 0.1) is 5.92 Å². The number of anilines is 1. The molecule has 0 aliphatic carbocycles.